The Morgan fingerprint density at radius 2 is 1.81 bits per heavy atom. The van der Waals surface area contributed by atoms with Crippen LogP contribution in [-0.4, -0.2) is 16.9 Å². The van der Waals surface area contributed by atoms with E-state index in [1.54, 1.807) is 30.5 Å². The first-order valence-corrected chi connectivity index (χ1v) is 10.6. The van der Waals surface area contributed by atoms with Crippen molar-refractivity contribution >= 4 is 23.4 Å². The third-order valence-corrected chi connectivity index (χ3v) is 6.44. The van der Waals surface area contributed by atoms with Crippen molar-refractivity contribution in [3.63, 3.8) is 0 Å². The summed E-state index contributed by atoms with van der Waals surface area (Å²) in [7, 11) is 0. The fourth-order valence-electron chi connectivity index (χ4n) is 4.67. The second-order valence-corrected chi connectivity index (χ2v) is 8.36. The fraction of sp³-hybridized carbons (Fsp3) is 0.240. The van der Waals surface area contributed by atoms with Crippen LogP contribution < -0.4 is 11.1 Å². The van der Waals surface area contributed by atoms with Crippen LogP contribution in [0.4, 0.5) is 15.9 Å². The molecule has 32 heavy (non-hydrogen) atoms. The number of esters is 1. The highest BCUT2D eigenvalue weighted by Crippen LogP contribution is 2.48. The monoisotopic (exact) mass is 431 g/mol. The van der Waals surface area contributed by atoms with Gasteiger partial charge in [0.1, 0.15) is 17.2 Å². The third-order valence-electron chi connectivity index (χ3n) is 6.44. The van der Waals surface area contributed by atoms with Crippen LogP contribution in [0.3, 0.4) is 0 Å². The van der Waals surface area contributed by atoms with Crippen LogP contribution in [0.15, 0.2) is 60.8 Å². The summed E-state index contributed by atoms with van der Waals surface area (Å²) in [5.41, 5.74) is 8.82. The molecule has 1 aliphatic carbocycles. The summed E-state index contributed by atoms with van der Waals surface area (Å²) in [4.78, 5) is 29.4. The molecule has 1 aromatic heterocycles. The van der Waals surface area contributed by atoms with Crippen LogP contribution in [0.1, 0.15) is 41.6 Å². The normalized spacial score (nSPS) is 21.8. The van der Waals surface area contributed by atoms with Gasteiger partial charge in [0.05, 0.1) is 11.3 Å². The zero-order valence-electron chi connectivity index (χ0n) is 17.3. The lowest BCUT2D eigenvalue weighted by Crippen LogP contribution is -2.36. The number of hydrogen-bond donors (Lipinski definition) is 2. The van der Waals surface area contributed by atoms with Gasteiger partial charge in [0.15, 0.2) is 0 Å². The fourth-order valence-corrected chi connectivity index (χ4v) is 4.67. The number of benzene rings is 2. The Morgan fingerprint density at radius 1 is 1.09 bits per heavy atom. The lowest BCUT2D eigenvalue weighted by Gasteiger charge is -2.36. The van der Waals surface area contributed by atoms with E-state index in [-0.39, 0.29) is 29.4 Å². The standard InChI is InChI=1S/C25H22FN3O3/c26-18-7-5-15(6-8-18)17-13-21(22(27)28-14-17)29-23(30)16-9-11-25(12-10-16)20-4-2-1-3-19(20)24(31)32-25/h1-8,13-14,16H,9-12H2,(H2,27,28)(H,29,30). The van der Waals surface area contributed by atoms with Crippen molar-refractivity contribution in [2.45, 2.75) is 31.3 Å². The summed E-state index contributed by atoms with van der Waals surface area (Å²) in [6.45, 7) is 0. The van der Waals surface area contributed by atoms with E-state index in [2.05, 4.69) is 10.3 Å². The lowest BCUT2D eigenvalue weighted by molar-refractivity contribution is -0.122. The average molecular weight is 431 g/mol. The molecule has 1 amide bonds. The largest absolute Gasteiger partial charge is 0.451 e. The Bertz CT molecular complexity index is 1200. The number of carbonyl (C=O) groups excluding carboxylic acids is 2. The number of aromatic nitrogens is 1. The van der Waals surface area contributed by atoms with E-state index in [0.29, 0.717) is 36.9 Å². The number of rotatable bonds is 3. The second-order valence-electron chi connectivity index (χ2n) is 8.36. The van der Waals surface area contributed by atoms with E-state index < -0.39 is 5.60 Å². The van der Waals surface area contributed by atoms with Crippen molar-refractivity contribution in [2.75, 3.05) is 11.1 Å². The molecular formula is C25H22FN3O3. The summed E-state index contributed by atoms with van der Waals surface area (Å²) < 4.78 is 19.0. The molecule has 7 heteroatoms. The van der Waals surface area contributed by atoms with Gasteiger partial charge >= 0.3 is 5.97 Å². The molecule has 2 heterocycles. The number of hydrogen-bond acceptors (Lipinski definition) is 5. The average Bonchev–Trinajstić information content (AvgIpc) is 3.08. The molecule has 1 spiro atoms. The highest BCUT2D eigenvalue weighted by molar-refractivity contribution is 5.96. The molecule has 0 atom stereocenters. The number of amides is 1. The molecule has 3 aromatic rings. The summed E-state index contributed by atoms with van der Waals surface area (Å²) in [6.07, 6.45) is 3.97. The number of anilines is 2. The molecule has 2 aliphatic rings. The van der Waals surface area contributed by atoms with Gasteiger partial charge in [0, 0.05) is 23.2 Å². The molecule has 0 bridgehead atoms. The molecule has 5 rings (SSSR count). The van der Waals surface area contributed by atoms with Crippen molar-refractivity contribution < 1.29 is 18.7 Å². The summed E-state index contributed by atoms with van der Waals surface area (Å²) >= 11 is 0. The number of fused-ring (bicyclic) bond motifs is 2. The number of nitrogen functional groups attached to an aromatic ring is 1. The molecule has 162 valence electrons. The minimum atomic E-state index is -0.631. The van der Waals surface area contributed by atoms with Gasteiger partial charge in [0.25, 0.3) is 0 Å². The lowest BCUT2D eigenvalue weighted by atomic mass is 9.74. The molecule has 3 N–H and O–H groups in total. The number of pyridine rings is 1. The SMILES string of the molecule is Nc1ncc(-c2ccc(F)cc2)cc1NC(=O)C1CCC2(CC1)OC(=O)c1ccccc12. The Labute approximate surface area is 184 Å². The number of ether oxygens (including phenoxy) is 1. The third kappa shape index (κ3) is 3.49. The van der Waals surface area contributed by atoms with E-state index in [4.69, 9.17) is 10.5 Å². The minimum absolute atomic E-state index is 0.137. The first-order chi connectivity index (χ1) is 15.4. The van der Waals surface area contributed by atoms with Gasteiger partial charge in [-0.05, 0) is 55.5 Å². The molecular weight excluding hydrogens is 409 g/mol. The van der Waals surface area contributed by atoms with Crippen LogP contribution in [0, 0.1) is 11.7 Å². The number of carbonyl (C=O) groups is 2. The van der Waals surface area contributed by atoms with Crippen LogP contribution in [0.5, 0.6) is 0 Å². The summed E-state index contributed by atoms with van der Waals surface area (Å²) in [5.74, 6) is -0.755. The minimum Gasteiger partial charge on any atom is -0.451 e. The van der Waals surface area contributed by atoms with Crippen molar-refractivity contribution in [2.24, 2.45) is 5.92 Å². The first-order valence-electron chi connectivity index (χ1n) is 10.6. The van der Waals surface area contributed by atoms with Gasteiger partial charge in [-0.15, -0.1) is 0 Å². The topological polar surface area (TPSA) is 94.3 Å². The summed E-state index contributed by atoms with van der Waals surface area (Å²) in [6, 6.07) is 15.2. The molecule has 1 saturated carbocycles. The maximum Gasteiger partial charge on any atom is 0.339 e. The van der Waals surface area contributed by atoms with E-state index >= 15 is 0 Å². The van der Waals surface area contributed by atoms with E-state index in [1.807, 2.05) is 18.2 Å². The van der Waals surface area contributed by atoms with Gasteiger partial charge < -0.3 is 15.8 Å². The van der Waals surface area contributed by atoms with Gasteiger partial charge in [-0.3, -0.25) is 4.79 Å². The molecule has 1 fully saturated rings. The van der Waals surface area contributed by atoms with Crippen molar-refractivity contribution in [1.29, 1.82) is 0 Å². The summed E-state index contributed by atoms with van der Waals surface area (Å²) in [5, 5.41) is 2.90. The van der Waals surface area contributed by atoms with Crippen LogP contribution in [0.2, 0.25) is 0 Å². The van der Waals surface area contributed by atoms with E-state index in [9.17, 15) is 14.0 Å². The number of halogens is 1. The molecule has 0 unspecified atom stereocenters. The van der Waals surface area contributed by atoms with Gasteiger partial charge in [-0.1, -0.05) is 30.3 Å². The molecule has 2 aromatic carbocycles. The smallest absolute Gasteiger partial charge is 0.339 e. The predicted octanol–water partition coefficient (Wildman–Crippen LogP) is 4.66. The highest BCUT2D eigenvalue weighted by atomic mass is 19.1. The van der Waals surface area contributed by atoms with Gasteiger partial charge in [-0.25, -0.2) is 14.2 Å². The van der Waals surface area contributed by atoms with Crippen LogP contribution in [0.25, 0.3) is 11.1 Å². The maximum atomic E-state index is 13.2. The Hall–Kier alpha value is -3.74. The van der Waals surface area contributed by atoms with Gasteiger partial charge in [-0.2, -0.15) is 0 Å². The predicted molar refractivity (Wildman–Crippen MR) is 118 cm³/mol. The number of nitrogens with two attached hydrogens (primary N) is 1. The molecule has 0 saturated heterocycles. The van der Waals surface area contributed by atoms with Crippen molar-refractivity contribution in [3.05, 3.63) is 77.7 Å². The Kier molecular flexibility index (Phi) is 4.89. The zero-order chi connectivity index (χ0) is 22.3. The van der Waals surface area contributed by atoms with Crippen molar-refractivity contribution in [3.8, 4) is 11.1 Å². The highest BCUT2D eigenvalue weighted by Gasteiger charge is 2.48. The Balaban J connectivity index is 1.29. The van der Waals surface area contributed by atoms with Crippen LogP contribution >= 0.6 is 0 Å². The molecule has 0 radical (unpaired) electrons. The number of nitrogens with zero attached hydrogens (tertiary/aromatic N) is 1. The molecule has 1 aliphatic heterocycles. The van der Waals surface area contributed by atoms with Crippen molar-refractivity contribution in [1.82, 2.24) is 4.98 Å². The second kappa shape index (κ2) is 7.75. The van der Waals surface area contributed by atoms with E-state index in [1.165, 1.54) is 12.1 Å². The zero-order valence-corrected chi connectivity index (χ0v) is 17.3. The van der Waals surface area contributed by atoms with Crippen LogP contribution in [-0.2, 0) is 15.1 Å². The molecule has 6 nitrogen and oxygen atoms in total. The Morgan fingerprint density at radius 3 is 2.56 bits per heavy atom. The quantitative estimate of drug-likeness (QED) is 0.588. The van der Waals surface area contributed by atoms with E-state index in [0.717, 1.165) is 16.7 Å². The maximum absolute atomic E-state index is 13.2. The van der Waals surface area contributed by atoms with Gasteiger partial charge in [0.2, 0.25) is 5.91 Å². The number of nitrogens with one attached hydrogen (secondary N) is 1. The first kappa shape index (κ1) is 20.2.